The summed E-state index contributed by atoms with van der Waals surface area (Å²) < 4.78 is 1.86. The lowest BCUT2D eigenvalue weighted by Gasteiger charge is -2.38. The van der Waals surface area contributed by atoms with Crippen LogP contribution in [-0.4, -0.2) is 39.9 Å². The van der Waals surface area contributed by atoms with E-state index < -0.39 is 0 Å². The van der Waals surface area contributed by atoms with Crippen molar-refractivity contribution in [1.82, 2.24) is 14.7 Å². The minimum atomic E-state index is 0.297. The minimum Gasteiger partial charge on any atom is -0.327 e. The van der Waals surface area contributed by atoms with Crippen LogP contribution in [0.1, 0.15) is 31.2 Å². The molecule has 18 heavy (non-hydrogen) atoms. The molecule has 0 radical (unpaired) electrons. The Morgan fingerprint density at radius 2 is 2.00 bits per heavy atom. The van der Waals surface area contributed by atoms with Crippen molar-refractivity contribution in [3.63, 3.8) is 0 Å². The Bertz CT molecular complexity index is 400. The smallest absolute Gasteiger partial charge is 0.0522 e. The highest BCUT2D eigenvalue weighted by molar-refractivity contribution is 5.07. The summed E-state index contributed by atoms with van der Waals surface area (Å²) in [6, 6.07) is 1.87. The minimum absolute atomic E-state index is 0.297. The van der Waals surface area contributed by atoms with E-state index >= 15 is 0 Å². The average molecular weight is 248 g/mol. The maximum atomic E-state index is 6.43. The number of piperidine rings is 1. The van der Waals surface area contributed by atoms with Crippen molar-refractivity contribution in [3.8, 4) is 0 Å². The van der Waals surface area contributed by atoms with Crippen molar-refractivity contribution in [3.05, 3.63) is 18.0 Å². The van der Waals surface area contributed by atoms with Gasteiger partial charge < -0.3 is 10.6 Å². The standard InChI is InChI=1S/C14H24N4/c1-17-9-10(8-16-17)5-14(15)11-6-12-3-4-13(7-11)18(12)2/h8-9,11-14H,3-7,15H2,1-2H3. The highest BCUT2D eigenvalue weighted by atomic mass is 15.2. The largest absolute Gasteiger partial charge is 0.327 e. The first kappa shape index (κ1) is 12.2. The summed E-state index contributed by atoms with van der Waals surface area (Å²) in [7, 11) is 4.25. The fourth-order valence-corrected chi connectivity index (χ4v) is 3.82. The second kappa shape index (κ2) is 4.67. The number of aryl methyl sites for hydroxylation is 1. The molecule has 4 nitrogen and oxygen atoms in total. The molecule has 0 amide bonds. The molecule has 2 aliphatic heterocycles. The molecule has 4 heteroatoms. The summed E-state index contributed by atoms with van der Waals surface area (Å²) >= 11 is 0. The molecular weight excluding hydrogens is 224 g/mol. The van der Waals surface area contributed by atoms with Crippen LogP contribution in [0, 0.1) is 5.92 Å². The Morgan fingerprint density at radius 1 is 1.33 bits per heavy atom. The van der Waals surface area contributed by atoms with Gasteiger partial charge in [0, 0.05) is 31.4 Å². The van der Waals surface area contributed by atoms with Crippen LogP contribution in [0.3, 0.4) is 0 Å². The van der Waals surface area contributed by atoms with Gasteiger partial charge >= 0.3 is 0 Å². The van der Waals surface area contributed by atoms with Crippen LogP contribution in [0.25, 0.3) is 0 Å². The third kappa shape index (κ3) is 2.19. The van der Waals surface area contributed by atoms with Gasteiger partial charge in [-0.25, -0.2) is 0 Å². The highest BCUT2D eigenvalue weighted by Crippen LogP contribution is 2.38. The van der Waals surface area contributed by atoms with E-state index in [0.29, 0.717) is 12.0 Å². The first-order valence-corrected chi connectivity index (χ1v) is 7.08. The fourth-order valence-electron chi connectivity index (χ4n) is 3.82. The van der Waals surface area contributed by atoms with Gasteiger partial charge in [-0.1, -0.05) is 0 Å². The number of nitrogens with two attached hydrogens (primary N) is 1. The highest BCUT2D eigenvalue weighted by Gasteiger charge is 2.40. The van der Waals surface area contributed by atoms with Crippen LogP contribution in [0.5, 0.6) is 0 Å². The van der Waals surface area contributed by atoms with E-state index in [1.807, 2.05) is 17.9 Å². The Balaban J connectivity index is 1.62. The molecule has 3 atom stereocenters. The monoisotopic (exact) mass is 248 g/mol. The number of hydrogen-bond donors (Lipinski definition) is 1. The molecule has 3 rings (SSSR count). The lowest BCUT2D eigenvalue weighted by molar-refractivity contribution is 0.120. The first-order valence-electron chi connectivity index (χ1n) is 7.08. The number of hydrogen-bond acceptors (Lipinski definition) is 3. The predicted octanol–water partition coefficient (Wildman–Crippen LogP) is 1.16. The van der Waals surface area contributed by atoms with Crippen LogP contribution in [-0.2, 0) is 13.5 Å². The molecule has 2 saturated heterocycles. The molecule has 2 bridgehead atoms. The molecule has 0 aromatic carbocycles. The Hall–Kier alpha value is -0.870. The number of nitrogens with zero attached hydrogens (tertiary/aromatic N) is 3. The Morgan fingerprint density at radius 3 is 2.56 bits per heavy atom. The molecular formula is C14H24N4. The second-order valence-electron chi connectivity index (χ2n) is 6.17. The molecule has 3 heterocycles. The zero-order valence-electron chi connectivity index (χ0n) is 11.4. The van der Waals surface area contributed by atoms with E-state index in [0.717, 1.165) is 18.5 Å². The van der Waals surface area contributed by atoms with Gasteiger partial charge in [0.05, 0.1) is 6.20 Å². The third-order valence-electron chi connectivity index (χ3n) is 4.97. The SMILES string of the molecule is CN1C2CCC1CC(C(N)Cc1cnn(C)c1)C2. The summed E-state index contributed by atoms with van der Waals surface area (Å²) in [5.41, 5.74) is 7.71. The molecule has 1 aromatic heterocycles. The van der Waals surface area contributed by atoms with Gasteiger partial charge in [-0.15, -0.1) is 0 Å². The van der Waals surface area contributed by atoms with Crippen molar-refractivity contribution in [2.75, 3.05) is 7.05 Å². The van der Waals surface area contributed by atoms with Gasteiger partial charge in [-0.2, -0.15) is 5.10 Å². The number of aromatic nitrogens is 2. The molecule has 3 unspecified atom stereocenters. The predicted molar refractivity (Wildman–Crippen MR) is 72.2 cm³/mol. The van der Waals surface area contributed by atoms with Gasteiger partial charge in [-0.3, -0.25) is 4.68 Å². The summed E-state index contributed by atoms with van der Waals surface area (Å²) in [5.74, 6) is 0.693. The molecule has 0 saturated carbocycles. The lowest BCUT2D eigenvalue weighted by atomic mass is 9.83. The van der Waals surface area contributed by atoms with Crippen LogP contribution < -0.4 is 5.73 Å². The molecule has 100 valence electrons. The maximum Gasteiger partial charge on any atom is 0.0522 e. The van der Waals surface area contributed by atoms with E-state index in [4.69, 9.17) is 5.73 Å². The average Bonchev–Trinajstić information content (AvgIpc) is 2.80. The summed E-state index contributed by atoms with van der Waals surface area (Å²) in [4.78, 5) is 2.58. The van der Waals surface area contributed by atoms with Gasteiger partial charge in [0.25, 0.3) is 0 Å². The zero-order chi connectivity index (χ0) is 12.7. The normalized spacial score (nSPS) is 33.8. The first-order chi connectivity index (χ1) is 8.63. The van der Waals surface area contributed by atoms with Gasteiger partial charge in [0.15, 0.2) is 0 Å². The van der Waals surface area contributed by atoms with E-state index in [1.165, 1.54) is 31.2 Å². The number of rotatable bonds is 3. The third-order valence-corrected chi connectivity index (χ3v) is 4.97. The summed E-state index contributed by atoms with van der Waals surface area (Å²) in [6.45, 7) is 0. The van der Waals surface area contributed by atoms with Crippen LogP contribution in [0.15, 0.2) is 12.4 Å². The molecule has 0 aliphatic carbocycles. The van der Waals surface area contributed by atoms with Crippen molar-refractivity contribution < 1.29 is 0 Å². The van der Waals surface area contributed by atoms with Crippen molar-refractivity contribution in [1.29, 1.82) is 0 Å². The van der Waals surface area contributed by atoms with E-state index in [9.17, 15) is 0 Å². The zero-order valence-corrected chi connectivity index (χ0v) is 11.4. The quantitative estimate of drug-likeness (QED) is 0.873. The summed E-state index contributed by atoms with van der Waals surface area (Å²) in [5, 5.41) is 4.22. The van der Waals surface area contributed by atoms with Gasteiger partial charge in [0.2, 0.25) is 0 Å². The Kier molecular flexibility index (Phi) is 3.16. The van der Waals surface area contributed by atoms with Gasteiger partial charge in [-0.05, 0) is 50.6 Å². The molecule has 1 aromatic rings. The molecule has 2 N–H and O–H groups in total. The van der Waals surface area contributed by atoms with Crippen LogP contribution in [0.4, 0.5) is 0 Å². The van der Waals surface area contributed by atoms with E-state index in [2.05, 4.69) is 23.2 Å². The molecule has 0 spiro atoms. The fraction of sp³-hybridized carbons (Fsp3) is 0.786. The topological polar surface area (TPSA) is 47.1 Å². The maximum absolute atomic E-state index is 6.43. The second-order valence-corrected chi connectivity index (χ2v) is 6.17. The van der Waals surface area contributed by atoms with E-state index in [-0.39, 0.29) is 0 Å². The lowest BCUT2D eigenvalue weighted by Crippen LogP contribution is -2.46. The van der Waals surface area contributed by atoms with Crippen LogP contribution >= 0.6 is 0 Å². The summed E-state index contributed by atoms with van der Waals surface area (Å²) in [6.07, 6.45) is 10.3. The van der Waals surface area contributed by atoms with Crippen molar-refractivity contribution in [2.45, 2.75) is 50.2 Å². The number of fused-ring (bicyclic) bond motifs is 2. The van der Waals surface area contributed by atoms with E-state index in [1.54, 1.807) is 0 Å². The van der Waals surface area contributed by atoms with Crippen LogP contribution in [0.2, 0.25) is 0 Å². The molecule has 2 aliphatic rings. The Labute approximate surface area is 109 Å². The molecule has 2 fully saturated rings. The van der Waals surface area contributed by atoms with Gasteiger partial charge in [0.1, 0.15) is 0 Å². The van der Waals surface area contributed by atoms with Crippen molar-refractivity contribution >= 4 is 0 Å². The van der Waals surface area contributed by atoms with Crippen molar-refractivity contribution in [2.24, 2.45) is 18.7 Å².